The van der Waals surface area contributed by atoms with Crippen molar-refractivity contribution in [2.45, 2.75) is 439 Å². The van der Waals surface area contributed by atoms with Gasteiger partial charge in [0.1, 0.15) is 19.3 Å². The van der Waals surface area contributed by atoms with Crippen molar-refractivity contribution < 1.29 is 80.2 Å². The first-order valence-corrected chi connectivity index (χ1v) is 44.5. The molecule has 0 aliphatic heterocycles. The Morgan fingerprint density at radius 1 is 0.293 bits per heavy atom. The summed E-state index contributed by atoms with van der Waals surface area (Å²) in [5.74, 6) is -0.587. The van der Waals surface area contributed by atoms with Crippen LogP contribution in [0.1, 0.15) is 420 Å². The van der Waals surface area contributed by atoms with Crippen molar-refractivity contribution >= 4 is 39.5 Å². The Bertz CT molecular complexity index is 1910. The fourth-order valence-electron chi connectivity index (χ4n) is 12.3. The predicted octanol–water partition coefficient (Wildman–Crippen LogP) is 23.9. The highest BCUT2D eigenvalue weighted by Gasteiger charge is 2.30. The molecule has 0 bridgehead atoms. The number of rotatable bonds is 79. The van der Waals surface area contributed by atoms with Crippen LogP contribution in [-0.2, 0) is 65.4 Å². The average molecular weight is 1450 g/mol. The highest BCUT2D eigenvalue weighted by molar-refractivity contribution is 7.47. The van der Waals surface area contributed by atoms with Crippen LogP contribution in [0.3, 0.4) is 0 Å². The quantitative estimate of drug-likeness (QED) is 0.0222. The van der Waals surface area contributed by atoms with Gasteiger partial charge in [0.25, 0.3) is 0 Å². The van der Waals surface area contributed by atoms with Crippen molar-refractivity contribution in [1.82, 2.24) is 0 Å². The number of aliphatic hydroxyl groups is 1. The molecular formula is C80H156O17P2. The molecule has 6 atom stereocenters. The molecule has 0 aromatic heterocycles. The maximum atomic E-state index is 13.1. The summed E-state index contributed by atoms with van der Waals surface area (Å²) < 4.78 is 68.7. The van der Waals surface area contributed by atoms with Gasteiger partial charge in [0.2, 0.25) is 0 Å². The number of carbonyl (C=O) groups is 4. The van der Waals surface area contributed by atoms with Crippen LogP contribution in [-0.4, -0.2) is 96.7 Å². The zero-order valence-electron chi connectivity index (χ0n) is 64.8. The van der Waals surface area contributed by atoms with Gasteiger partial charge >= 0.3 is 39.5 Å². The van der Waals surface area contributed by atoms with Crippen LogP contribution >= 0.6 is 15.6 Å². The third-order valence-electron chi connectivity index (χ3n) is 19.1. The number of esters is 4. The Balaban J connectivity index is 5.25. The zero-order valence-corrected chi connectivity index (χ0v) is 66.6. The van der Waals surface area contributed by atoms with Crippen molar-refractivity contribution in [1.29, 1.82) is 0 Å². The molecule has 0 rings (SSSR count). The van der Waals surface area contributed by atoms with Crippen molar-refractivity contribution in [3.05, 3.63) is 0 Å². The topological polar surface area (TPSA) is 237 Å². The highest BCUT2D eigenvalue weighted by atomic mass is 31.2. The van der Waals surface area contributed by atoms with E-state index in [1.165, 1.54) is 231 Å². The minimum absolute atomic E-state index is 0.107. The Labute approximate surface area is 607 Å². The fourth-order valence-corrected chi connectivity index (χ4v) is 13.9. The Kier molecular flexibility index (Phi) is 70.3. The molecule has 0 aromatic carbocycles. The van der Waals surface area contributed by atoms with Crippen LogP contribution in [0.2, 0.25) is 0 Å². The lowest BCUT2D eigenvalue weighted by Crippen LogP contribution is -2.30. The van der Waals surface area contributed by atoms with Gasteiger partial charge in [-0.1, -0.05) is 369 Å². The van der Waals surface area contributed by atoms with Crippen molar-refractivity contribution in [3.63, 3.8) is 0 Å². The zero-order chi connectivity index (χ0) is 72.8. The molecule has 0 radical (unpaired) electrons. The van der Waals surface area contributed by atoms with Gasteiger partial charge in [-0.2, -0.15) is 0 Å². The van der Waals surface area contributed by atoms with Crippen LogP contribution in [0.25, 0.3) is 0 Å². The first-order valence-electron chi connectivity index (χ1n) is 41.5. The summed E-state index contributed by atoms with van der Waals surface area (Å²) in [4.78, 5) is 73.0. The van der Waals surface area contributed by atoms with Gasteiger partial charge in [0, 0.05) is 25.7 Å². The van der Waals surface area contributed by atoms with Crippen LogP contribution in [0.4, 0.5) is 0 Å². The molecule has 17 nitrogen and oxygen atoms in total. The molecule has 0 aliphatic rings. The molecular weight excluding hydrogens is 1290 g/mol. The average Bonchev–Trinajstić information content (AvgIpc) is 1.19. The van der Waals surface area contributed by atoms with E-state index in [2.05, 4.69) is 41.5 Å². The van der Waals surface area contributed by atoms with E-state index < -0.39 is 97.5 Å². The van der Waals surface area contributed by atoms with Crippen LogP contribution in [0, 0.1) is 11.8 Å². The van der Waals surface area contributed by atoms with Gasteiger partial charge in [0.15, 0.2) is 12.2 Å². The molecule has 0 aromatic rings. The van der Waals surface area contributed by atoms with Gasteiger partial charge in [-0.25, -0.2) is 9.13 Å². The van der Waals surface area contributed by atoms with E-state index in [9.17, 15) is 43.2 Å². The maximum Gasteiger partial charge on any atom is 0.472 e. The summed E-state index contributed by atoms with van der Waals surface area (Å²) in [6, 6.07) is 0. The standard InChI is InChI=1S/C80H156O17P2/c1-7-10-12-14-16-18-20-22-24-25-26-28-32-37-41-45-53-59-64-79(84)96-75(68-90-77(82)62-56-50-43-39-35-33-29-30-34-38-42-48-54-60-72(4)5)70-94-98(86,87)92-66-74(81)67-93-99(88,89)95-71-76(69-91-78(83)63-57-51-47-46-49-55-61-73(6)9-3)97-80(85)65-58-52-44-40-36-31-27-23-21-19-17-15-13-11-8-2/h72-76,81H,7-71H2,1-6H3,(H,86,87)(H,88,89)/t73?,74-,75-,76-/m1/s1. The molecule has 99 heavy (non-hydrogen) atoms. The van der Waals surface area contributed by atoms with E-state index >= 15 is 0 Å². The normalized spacial score (nSPS) is 14.2. The number of phosphoric acid groups is 2. The molecule has 0 amide bonds. The monoisotopic (exact) mass is 1450 g/mol. The molecule has 0 fully saturated rings. The van der Waals surface area contributed by atoms with Crippen molar-refractivity contribution in [2.75, 3.05) is 39.6 Å². The summed E-state index contributed by atoms with van der Waals surface area (Å²) in [6.45, 7) is 9.61. The van der Waals surface area contributed by atoms with Gasteiger partial charge < -0.3 is 33.8 Å². The smallest absolute Gasteiger partial charge is 0.462 e. The predicted molar refractivity (Wildman–Crippen MR) is 405 cm³/mol. The molecule has 0 spiro atoms. The number of hydrogen-bond donors (Lipinski definition) is 3. The van der Waals surface area contributed by atoms with E-state index in [1.807, 2.05) is 0 Å². The Hall–Kier alpha value is -1.94. The lowest BCUT2D eigenvalue weighted by molar-refractivity contribution is -0.161. The number of carbonyl (C=O) groups excluding carboxylic acids is 4. The van der Waals surface area contributed by atoms with Crippen molar-refractivity contribution in [3.8, 4) is 0 Å². The van der Waals surface area contributed by atoms with E-state index in [-0.39, 0.29) is 25.7 Å². The lowest BCUT2D eigenvalue weighted by atomic mass is 10.00. The Morgan fingerprint density at radius 3 is 0.768 bits per heavy atom. The summed E-state index contributed by atoms with van der Waals surface area (Å²) >= 11 is 0. The minimum Gasteiger partial charge on any atom is -0.462 e. The van der Waals surface area contributed by atoms with Gasteiger partial charge in [-0.3, -0.25) is 37.3 Å². The molecule has 0 aliphatic carbocycles. The number of phosphoric ester groups is 2. The number of aliphatic hydroxyl groups excluding tert-OH is 1. The van der Waals surface area contributed by atoms with Crippen LogP contribution in [0.15, 0.2) is 0 Å². The lowest BCUT2D eigenvalue weighted by Gasteiger charge is -2.21. The van der Waals surface area contributed by atoms with E-state index in [0.717, 1.165) is 108 Å². The largest absolute Gasteiger partial charge is 0.472 e. The van der Waals surface area contributed by atoms with Crippen LogP contribution < -0.4 is 0 Å². The number of ether oxygens (including phenoxy) is 4. The van der Waals surface area contributed by atoms with Gasteiger partial charge in [-0.05, 0) is 37.5 Å². The maximum absolute atomic E-state index is 13.1. The first-order chi connectivity index (χ1) is 47.9. The highest BCUT2D eigenvalue weighted by Crippen LogP contribution is 2.45. The van der Waals surface area contributed by atoms with E-state index in [0.29, 0.717) is 25.7 Å². The Morgan fingerprint density at radius 2 is 0.515 bits per heavy atom. The number of unbranched alkanes of at least 4 members (excludes halogenated alkanes) is 48. The molecule has 0 saturated carbocycles. The van der Waals surface area contributed by atoms with Gasteiger partial charge in [0.05, 0.1) is 26.4 Å². The summed E-state index contributed by atoms with van der Waals surface area (Å²) in [7, 11) is -9.92. The molecule has 0 heterocycles. The summed E-state index contributed by atoms with van der Waals surface area (Å²) in [5, 5.41) is 10.6. The van der Waals surface area contributed by atoms with Crippen LogP contribution in [0.5, 0.6) is 0 Å². The van der Waals surface area contributed by atoms with E-state index in [1.54, 1.807) is 0 Å². The third-order valence-corrected chi connectivity index (χ3v) is 21.0. The summed E-state index contributed by atoms with van der Waals surface area (Å²) in [6.07, 6.45) is 61.0. The SMILES string of the molecule is CCCCCCCCCCCCCCCCCCCCC(=O)O[C@H](COC(=O)CCCCCCCCCCCCCCCC(C)C)COP(=O)(O)OC[C@@H](O)COP(=O)(O)OC[C@@H](COC(=O)CCCCCCCCC(C)CC)OC(=O)CCCCCCCCCCCCCCCCC. The molecule has 19 heteroatoms. The van der Waals surface area contributed by atoms with Gasteiger partial charge in [-0.15, -0.1) is 0 Å². The molecule has 588 valence electrons. The summed E-state index contributed by atoms with van der Waals surface area (Å²) in [5.41, 5.74) is 0. The molecule has 3 unspecified atom stereocenters. The van der Waals surface area contributed by atoms with Crippen molar-refractivity contribution in [2.24, 2.45) is 11.8 Å². The minimum atomic E-state index is -4.96. The number of hydrogen-bond acceptors (Lipinski definition) is 15. The second-order valence-corrected chi connectivity index (χ2v) is 32.4. The molecule has 3 N–H and O–H groups in total. The third kappa shape index (κ3) is 72.8. The first kappa shape index (κ1) is 97.1. The van der Waals surface area contributed by atoms with E-state index in [4.69, 9.17) is 37.0 Å². The second kappa shape index (κ2) is 71.7. The molecule has 0 saturated heterocycles. The fraction of sp³-hybridized carbons (Fsp3) is 0.950. The second-order valence-electron chi connectivity index (χ2n) is 29.5.